The van der Waals surface area contributed by atoms with Crippen molar-refractivity contribution < 1.29 is 8.78 Å². The van der Waals surface area contributed by atoms with Gasteiger partial charge in [0, 0.05) is 18.3 Å². The molecule has 0 bridgehead atoms. The van der Waals surface area contributed by atoms with Gasteiger partial charge in [0.15, 0.2) is 5.82 Å². The molecule has 0 amide bonds. The number of halogens is 2. The Morgan fingerprint density at radius 3 is 2.71 bits per heavy atom. The predicted molar refractivity (Wildman–Crippen MR) is 77.6 cm³/mol. The van der Waals surface area contributed by atoms with Gasteiger partial charge in [-0.25, -0.2) is 18.4 Å². The lowest BCUT2D eigenvalue weighted by Crippen LogP contribution is -2.19. The van der Waals surface area contributed by atoms with E-state index in [-0.39, 0.29) is 5.69 Å². The molecular weight excluding hydrogens is 274 g/mol. The molecule has 6 heteroatoms. The number of aryl methyl sites for hydroxylation is 1. The zero-order valence-corrected chi connectivity index (χ0v) is 12.5. The van der Waals surface area contributed by atoms with E-state index >= 15 is 0 Å². The maximum Gasteiger partial charge on any atom is 0.280 e. The van der Waals surface area contributed by atoms with Crippen LogP contribution in [0.3, 0.4) is 0 Å². The Kier molecular flexibility index (Phi) is 5.01. The molecule has 1 N–H and O–H groups in total. The zero-order chi connectivity index (χ0) is 15.4. The van der Waals surface area contributed by atoms with Crippen LogP contribution < -0.4 is 5.32 Å². The molecule has 0 atom stereocenters. The van der Waals surface area contributed by atoms with Gasteiger partial charge in [0.1, 0.15) is 5.69 Å². The number of nitrogens with one attached hydrogen (secondary N) is 1. The van der Waals surface area contributed by atoms with Crippen LogP contribution in [0.25, 0.3) is 5.82 Å². The molecule has 0 fully saturated rings. The monoisotopic (exact) mass is 294 g/mol. The maximum atomic E-state index is 13.4. The lowest BCUT2D eigenvalue weighted by molar-refractivity contribution is 0.141. The van der Waals surface area contributed by atoms with Gasteiger partial charge in [0.05, 0.1) is 6.20 Å². The van der Waals surface area contributed by atoms with Gasteiger partial charge in [-0.2, -0.15) is 5.10 Å². The van der Waals surface area contributed by atoms with Crippen molar-refractivity contribution >= 4 is 0 Å². The summed E-state index contributed by atoms with van der Waals surface area (Å²) in [5.41, 5.74) is 1.37. The first-order valence-corrected chi connectivity index (χ1v) is 6.97. The van der Waals surface area contributed by atoms with Gasteiger partial charge in [-0.05, 0) is 37.1 Å². The Morgan fingerprint density at radius 1 is 1.33 bits per heavy atom. The molecule has 21 heavy (non-hydrogen) atoms. The summed E-state index contributed by atoms with van der Waals surface area (Å²) in [4.78, 5) is 4.12. The number of aromatic nitrogens is 3. The molecule has 0 aliphatic heterocycles. The van der Waals surface area contributed by atoms with Gasteiger partial charge in [0.25, 0.3) is 6.43 Å². The summed E-state index contributed by atoms with van der Waals surface area (Å²) < 4.78 is 28.0. The Labute approximate surface area is 123 Å². The Balaban J connectivity index is 2.28. The Morgan fingerprint density at radius 2 is 2.10 bits per heavy atom. The van der Waals surface area contributed by atoms with E-state index in [1.165, 1.54) is 10.9 Å². The van der Waals surface area contributed by atoms with Gasteiger partial charge in [-0.1, -0.05) is 13.8 Å². The molecule has 0 aromatic carbocycles. The van der Waals surface area contributed by atoms with Crippen LogP contribution >= 0.6 is 0 Å². The molecule has 114 valence electrons. The fraction of sp³-hybridized carbons (Fsp3) is 0.467. The van der Waals surface area contributed by atoms with Crippen LogP contribution in [0.2, 0.25) is 0 Å². The largest absolute Gasteiger partial charge is 0.312 e. The van der Waals surface area contributed by atoms with Crippen molar-refractivity contribution in [2.75, 3.05) is 6.54 Å². The van der Waals surface area contributed by atoms with E-state index in [2.05, 4.69) is 29.2 Å². The van der Waals surface area contributed by atoms with Crippen LogP contribution in [0, 0.1) is 12.8 Å². The van der Waals surface area contributed by atoms with Gasteiger partial charge in [0.2, 0.25) is 0 Å². The minimum absolute atomic E-state index is 0.0932. The second kappa shape index (κ2) is 6.76. The van der Waals surface area contributed by atoms with Crippen molar-refractivity contribution in [3.05, 3.63) is 41.3 Å². The number of alkyl halides is 2. The van der Waals surface area contributed by atoms with Crippen molar-refractivity contribution in [1.29, 1.82) is 0 Å². The number of nitrogens with zero attached hydrogens (tertiary/aromatic N) is 3. The van der Waals surface area contributed by atoms with Crippen LogP contribution in [0.5, 0.6) is 0 Å². The van der Waals surface area contributed by atoms with E-state index in [0.717, 1.165) is 12.1 Å². The van der Waals surface area contributed by atoms with E-state index in [9.17, 15) is 8.78 Å². The van der Waals surface area contributed by atoms with E-state index < -0.39 is 6.43 Å². The standard InChI is InChI=1S/C15H20F2N4/c1-10(2)7-18-8-12-9-20-21(14(12)15(16)17)13-6-11(3)4-5-19-13/h4-6,9-10,15,18H,7-8H2,1-3H3. The molecular formula is C15H20F2N4. The summed E-state index contributed by atoms with van der Waals surface area (Å²) in [6.45, 7) is 7.18. The van der Waals surface area contributed by atoms with Crippen LogP contribution in [0.1, 0.15) is 37.1 Å². The fourth-order valence-corrected chi connectivity index (χ4v) is 2.07. The highest BCUT2D eigenvalue weighted by molar-refractivity contribution is 5.32. The lowest BCUT2D eigenvalue weighted by atomic mass is 10.2. The first kappa shape index (κ1) is 15.6. The zero-order valence-electron chi connectivity index (χ0n) is 12.5. The summed E-state index contributed by atoms with van der Waals surface area (Å²) >= 11 is 0. The highest BCUT2D eigenvalue weighted by Gasteiger charge is 2.21. The Bertz CT molecular complexity index is 593. The fourth-order valence-electron chi connectivity index (χ4n) is 2.07. The minimum atomic E-state index is -2.59. The van der Waals surface area contributed by atoms with Gasteiger partial charge < -0.3 is 5.32 Å². The summed E-state index contributed by atoms with van der Waals surface area (Å²) in [6.07, 6.45) is 0.488. The van der Waals surface area contributed by atoms with Gasteiger partial charge >= 0.3 is 0 Å². The van der Waals surface area contributed by atoms with Crippen LogP contribution in [-0.4, -0.2) is 21.3 Å². The average Bonchev–Trinajstić information content (AvgIpc) is 2.82. The van der Waals surface area contributed by atoms with E-state index in [0.29, 0.717) is 23.8 Å². The quantitative estimate of drug-likeness (QED) is 0.889. The molecule has 2 aromatic rings. The lowest BCUT2D eigenvalue weighted by Gasteiger charge is -2.10. The molecule has 0 unspecified atom stereocenters. The maximum absolute atomic E-state index is 13.4. The molecule has 4 nitrogen and oxygen atoms in total. The van der Waals surface area contributed by atoms with Crippen LogP contribution in [0.15, 0.2) is 24.5 Å². The third-order valence-corrected chi connectivity index (χ3v) is 3.08. The molecule has 0 saturated heterocycles. The topological polar surface area (TPSA) is 42.7 Å². The molecule has 0 saturated carbocycles. The van der Waals surface area contributed by atoms with Crippen molar-refractivity contribution in [1.82, 2.24) is 20.1 Å². The highest BCUT2D eigenvalue weighted by Crippen LogP contribution is 2.25. The second-order valence-corrected chi connectivity index (χ2v) is 5.48. The SMILES string of the molecule is Cc1ccnc(-n2ncc(CNCC(C)C)c2C(F)F)c1. The summed E-state index contributed by atoms with van der Waals surface area (Å²) in [7, 11) is 0. The third kappa shape index (κ3) is 3.85. The molecule has 2 aromatic heterocycles. The average molecular weight is 294 g/mol. The molecule has 0 spiro atoms. The summed E-state index contributed by atoms with van der Waals surface area (Å²) in [5.74, 6) is 0.883. The van der Waals surface area contributed by atoms with Gasteiger partial charge in [-0.3, -0.25) is 0 Å². The Hall–Kier alpha value is -1.82. The normalized spacial score (nSPS) is 11.6. The van der Waals surface area contributed by atoms with E-state index in [1.807, 2.05) is 13.0 Å². The molecule has 2 rings (SSSR count). The molecule has 2 heterocycles. The minimum Gasteiger partial charge on any atom is -0.312 e. The van der Waals surface area contributed by atoms with Crippen molar-refractivity contribution in [3.8, 4) is 5.82 Å². The molecule has 0 radical (unpaired) electrons. The number of rotatable bonds is 6. The molecule has 0 aliphatic carbocycles. The number of pyridine rings is 1. The summed E-state index contributed by atoms with van der Waals surface area (Å²) in [5, 5.41) is 7.25. The first-order chi connectivity index (χ1) is 9.99. The number of hydrogen-bond acceptors (Lipinski definition) is 3. The third-order valence-electron chi connectivity index (χ3n) is 3.08. The van der Waals surface area contributed by atoms with Crippen LogP contribution in [0.4, 0.5) is 8.78 Å². The van der Waals surface area contributed by atoms with Crippen molar-refractivity contribution in [2.45, 2.75) is 33.7 Å². The smallest absolute Gasteiger partial charge is 0.280 e. The highest BCUT2D eigenvalue weighted by atomic mass is 19.3. The van der Waals surface area contributed by atoms with E-state index in [1.54, 1.807) is 12.3 Å². The van der Waals surface area contributed by atoms with Crippen molar-refractivity contribution in [2.24, 2.45) is 5.92 Å². The van der Waals surface area contributed by atoms with Crippen molar-refractivity contribution in [3.63, 3.8) is 0 Å². The number of hydrogen-bond donors (Lipinski definition) is 1. The van der Waals surface area contributed by atoms with Gasteiger partial charge in [-0.15, -0.1) is 0 Å². The van der Waals surface area contributed by atoms with Crippen LogP contribution in [-0.2, 0) is 6.54 Å². The molecule has 0 aliphatic rings. The second-order valence-electron chi connectivity index (χ2n) is 5.48. The summed E-state index contributed by atoms with van der Waals surface area (Å²) in [6, 6.07) is 3.56. The first-order valence-electron chi connectivity index (χ1n) is 6.97. The van der Waals surface area contributed by atoms with E-state index in [4.69, 9.17) is 0 Å². The predicted octanol–water partition coefficient (Wildman–Crippen LogP) is 3.26.